The molecule has 6 nitrogen and oxygen atoms in total. The summed E-state index contributed by atoms with van der Waals surface area (Å²) in [7, 11) is 0. The van der Waals surface area contributed by atoms with Crippen molar-refractivity contribution >= 4 is 17.6 Å². The molecule has 0 saturated carbocycles. The maximum atomic E-state index is 11.2. The van der Waals surface area contributed by atoms with Gasteiger partial charge in [-0.15, -0.1) is 0 Å². The Morgan fingerprint density at radius 3 is 3.00 bits per heavy atom. The highest BCUT2D eigenvalue weighted by Gasteiger charge is 2.02. The number of nitriles is 1. The summed E-state index contributed by atoms with van der Waals surface area (Å²) in [6.07, 6.45) is 0.753. The van der Waals surface area contributed by atoms with E-state index < -0.39 is 0 Å². The molecule has 0 radical (unpaired) electrons. The number of thioether (sulfide) groups is 1. The van der Waals surface area contributed by atoms with Crippen LogP contribution in [0.1, 0.15) is 12.0 Å². The first-order chi connectivity index (χ1) is 10.2. The lowest BCUT2D eigenvalue weighted by atomic mass is 10.2. The van der Waals surface area contributed by atoms with Crippen molar-refractivity contribution in [1.82, 2.24) is 9.97 Å². The number of aromatic amines is 1. The van der Waals surface area contributed by atoms with Gasteiger partial charge in [-0.1, -0.05) is 23.9 Å². The highest BCUT2D eigenvalue weighted by Crippen LogP contribution is 2.18. The van der Waals surface area contributed by atoms with Gasteiger partial charge in [-0.25, -0.2) is 4.98 Å². The van der Waals surface area contributed by atoms with Crippen LogP contribution in [0.5, 0.6) is 5.75 Å². The van der Waals surface area contributed by atoms with Gasteiger partial charge >= 0.3 is 0 Å². The molecule has 0 unspecified atom stereocenters. The van der Waals surface area contributed by atoms with Crippen LogP contribution in [0.3, 0.4) is 0 Å². The Bertz CT molecular complexity index is 709. The lowest BCUT2D eigenvalue weighted by Crippen LogP contribution is -2.09. The summed E-state index contributed by atoms with van der Waals surface area (Å²) in [5.41, 5.74) is 5.76. The topological polar surface area (TPSA) is 105 Å². The number of nitrogen functional groups attached to an aromatic ring is 1. The zero-order valence-electron chi connectivity index (χ0n) is 11.2. The van der Waals surface area contributed by atoms with E-state index in [1.807, 2.05) is 6.07 Å². The number of anilines is 1. The highest BCUT2D eigenvalue weighted by atomic mass is 32.2. The molecule has 1 aromatic carbocycles. The molecular weight excluding hydrogens is 288 g/mol. The van der Waals surface area contributed by atoms with Crippen LogP contribution in [0, 0.1) is 11.3 Å². The summed E-state index contributed by atoms with van der Waals surface area (Å²) in [5.74, 6) is 1.52. The number of rotatable bonds is 6. The Hall–Kier alpha value is -2.46. The first kappa shape index (κ1) is 14.9. The molecule has 108 valence electrons. The minimum Gasteiger partial charge on any atom is -0.492 e. The summed E-state index contributed by atoms with van der Waals surface area (Å²) < 4.78 is 5.56. The van der Waals surface area contributed by atoms with Gasteiger partial charge in [-0.05, 0) is 18.6 Å². The first-order valence-electron chi connectivity index (χ1n) is 6.30. The van der Waals surface area contributed by atoms with Gasteiger partial charge in [0.15, 0.2) is 5.16 Å². The molecule has 0 atom stereocenters. The van der Waals surface area contributed by atoms with E-state index in [1.54, 1.807) is 18.2 Å². The average Bonchev–Trinajstić information content (AvgIpc) is 2.46. The predicted molar refractivity (Wildman–Crippen MR) is 81.3 cm³/mol. The quantitative estimate of drug-likeness (QED) is 0.479. The second-order valence-electron chi connectivity index (χ2n) is 4.13. The number of nitrogens with zero attached hydrogens (tertiary/aromatic N) is 2. The zero-order chi connectivity index (χ0) is 15.1. The van der Waals surface area contributed by atoms with E-state index in [1.165, 1.54) is 17.8 Å². The van der Waals surface area contributed by atoms with Gasteiger partial charge in [-0.3, -0.25) is 4.79 Å². The van der Waals surface area contributed by atoms with Gasteiger partial charge in [0, 0.05) is 11.8 Å². The number of H-pyrrole nitrogens is 1. The SMILES string of the molecule is N#Cc1ccccc1OCCCSc1nc(N)cc(=O)[nH]1. The zero-order valence-corrected chi connectivity index (χ0v) is 12.0. The van der Waals surface area contributed by atoms with Crippen molar-refractivity contribution in [3.8, 4) is 11.8 Å². The Kier molecular flexibility index (Phi) is 5.23. The number of hydrogen-bond acceptors (Lipinski definition) is 6. The number of para-hydroxylation sites is 1. The van der Waals surface area contributed by atoms with E-state index in [4.69, 9.17) is 15.7 Å². The summed E-state index contributed by atoms with van der Waals surface area (Å²) in [6, 6.07) is 10.4. The summed E-state index contributed by atoms with van der Waals surface area (Å²) in [6.45, 7) is 0.484. The van der Waals surface area contributed by atoms with Crippen LogP contribution < -0.4 is 16.0 Å². The largest absolute Gasteiger partial charge is 0.492 e. The molecular formula is C14H14N4O2S. The summed E-state index contributed by atoms with van der Waals surface area (Å²) in [4.78, 5) is 17.8. The standard InChI is InChI=1S/C14H14N4O2S/c15-9-10-4-1-2-5-11(10)20-6-3-7-21-14-17-12(16)8-13(19)18-14/h1-2,4-5,8H,3,6-7H2,(H3,16,17,18,19). The van der Waals surface area contributed by atoms with E-state index in [0.717, 1.165) is 12.2 Å². The predicted octanol–water partition coefficient (Wildman–Crippen LogP) is 1.78. The highest BCUT2D eigenvalue weighted by molar-refractivity contribution is 7.99. The second kappa shape index (κ2) is 7.36. The third-order valence-electron chi connectivity index (χ3n) is 2.53. The molecule has 0 aliphatic carbocycles. The molecule has 21 heavy (non-hydrogen) atoms. The van der Waals surface area contributed by atoms with Crippen LogP contribution in [-0.2, 0) is 0 Å². The Morgan fingerprint density at radius 2 is 2.24 bits per heavy atom. The lowest BCUT2D eigenvalue weighted by Gasteiger charge is -2.07. The van der Waals surface area contributed by atoms with E-state index in [2.05, 4.69) is 16.0 Å². The van der Waals surface area contributed by atoms with E-state index >= 15 is 0 Å². The first-order valence-corrected chi connectivity index (χ1v) is 7.29. The normalized spacial score (nSPS) is 10.0. The minimum absolute atomic E-state index is 0.209. The molecule has 0 amide bonds. The molecule has 0 saturated heterocycles. The van der Waals surface area contributed by atoms with Crippen molar-refractivity contribution in [3.05, 3.63) is 46.2 Å². The van der Waals surface area contributed by atoms with Crippen molar-refractivity contribution in [2.24, 2.45) is 0 Å². The van der Waals surface area contributed by atoms with Crippen molar-refractivity contribution in [2.75, 3.05) is 18.1 Å². The van der Waals surface area contributed by atoms with E-state index in [-0.39, 0.29) is 11.4 Å². The molecule has 0 spiro atoms. The monoisotopic (exact) mass is 302 g/mol. The van der Waals surface area contributed by atoms with Gasteiger partial charge in [0.25, 0.3) is 5.56 Å². The number of hydrogen-bond donors (Lipinski definition) is 2. The van der Waals surface area contributed by atoms with Crippen LogP contribution >= 0.6 is 11.8 Å². The molecule has 0 aliphatic rings. The van der Waals surface area contributed by atoms with E-state index in [0.29, 0.717) is 23.1 Å². The molecule has 0 fully saturated rings. The molecule has 2 aromatic rings. The number of nitrogens with two attached hydrogens (primary N) is 1. The number of benzene rings is 1. The molecule has 1 heterocycles. The maximum Gasteiger partial charge on any atom is 0.253 e. The van der Waals surface area contributed by atoms with Crippen molar-refractivity contribution in [2.45, 2.75) is 11.6 Å². The van der Waals surface area contributed by atoms with Crippen LogP contribution in [-0.4, -0.2) is 22.3 Å². The van der Waals surface area contributed by atoms with Gasteiger partial charge in [0.1, 0.15) is 17.6 Å². The van der Waals surface area contributed by atoms with Crippen LogP contribution in [0.2, 0.25) is 0 Å². The third-order valence-corrected chi connectivity index (χ3v) is 3.49. The smallest absolute Gasteiger partial charge is 0.253 e. The van der Waals surface area contributed by atoms with Gasteiger partial charge in [0.2, 0.25) is 0 Å². The van der Waals surface area contributed by atoms with Crippen molar-refractivity contribution in [1.29, 1.82) is 5.26 Å². The van der Waals surface area contributed by atoms with Gasteiger partial charge < -0.3 is 15.5 Å². The van der Waals surface area contributed by atoms with Gasteiger partial charge in [-0.2, -0.15) is 5.26 Å². The van der Waals surface area contributed by atoms with Crippen LogP contribution in [0.4, 0.5) is 5.82 Å². The lowest BCUT2D eigenvalue weighted by molar-refractivity contribution is 0.318. The third kappa shape index (κ3) is 4.54. The molecule has 0 bridgehead atoms. The van der Waals surface area contributed by atoms with E-state index in [9.17, 15) is 4.79 Å². The molecule has 3 N–H and O–H groups in total. The molecule has 0 aliphatic heterocycles. The van der Waals surface area contributed by atoms with Crippen LogP contribution in [0.15, 0.2) is 40.3 Å². The Labute approximate surface area is 126 Å². The summed E-state index contributed by atoms with van der Waals surface area (Å²) >= 11 is 1.40. The Morgan fingerprint density at radius 1 is 1.43 bits per heavy atom. The fourth-order valence-corrected chi connectivity index (χ4v) is 2.41. The van der Waals surface area contributed by atoms with Crippen molar-refractivity contribution in [3.63, 3.8) is 0 Å². The number of ether oxygens (including phenoxy) is 1. The summed E-state index contributed by atoms with van der Waals surface area (Å²) in [5, 5.41) is 9.43. The minimum atomic E-state index is -0.260. The number of nitrogens with one attached hydrogen (secondary N) is 1. The maximum absolute atomic E-state index is 11.2. The second-order valence-corrected chi connectivity index (χ2v) is 5.22. The van der Waals surface area contributed by atoms with Crippen molar-refractivity contribution < 1.29 is 4.74 Å². The fraction of sp³-hybridized carbons (Fsp3) is 0.214. The fourth-order valence-electron chi connectivity index (χ4n) is 1.62. The van der Waals surface area contributed by atoms with Crippen LogP contribution in [0.25, 0.3) is 0 Å². The van der Waals surface area contributed by atoms with Gasteiger partial charge in [0.05, 0.1) is 12.2 Å². The Balaban J connectivity index is 1.78. The molecule has 2 rings (SSSR count). The molecule has 1 aromatic heterocycles. The average molecular weight is 302 g/mol. The number of aromatic nitrogens is 2. The molecule has 7 heteroatoms.